The number of methoxy groups -OCH3 is 1. The number of anilines is 1. The van der Waals surface area contributed by atoms with Crippen LogP contribution in [0.15, 0.2) is 59.8 Å². The van der Waals surface area contributed by atoms with E-state index in [9.17, 15) is 13.2 Å². The van der Waals surface area contributed by atoms with Crippen molar-refractivity contribution in [1.29, 1.82) is 0 Å². The lowest BCUT2D eigenvalue weighted by Crippen LogP contribution is -2.25. The van der Waals surface area contributed by atoms with Gasteiger partial charge in [0.05, 0.1) is 17.3 Å². The number of carbonyl (C=O) groups excluding carboxylic acids is 1. The summed E-state index contributed by atoms with van der Waals surface area (Å²) in [7, 11) is -2.08. The van der Waals surface area contributed by atoms with Gasteiger partial charge < -0.3 is 15.8 Å². The van der Waals surface area contributed by atoms with Gasteiger partial charge in [-0.3, -0.25) is 4.79 Å². The largest absolute Gasteiger partial charge is 0.480 e. The van der Waals surface area contributed by atoms with Gasteiger partial charge in [0.15, 0.2) is 15.5 Å². The number of amides is 1. The van der Waals surface area contributed by atoms with Gasteiger partial charge in [0, 0.05) is 24.5 Å². The number of nitrogens with zero attached hydrogens (tertiary/aromatic N) is 4. The standard InChI is InChI=1S/C23H24N6O4S/c1-14(2)34(31,32)19-7-5-4-6-16(19)12-25-21(30)18-10-17(13-26-22(18)33-3)15-8-9-29-20(11-15)27-23(24)28-29/h4-11,13-14H,12H2,1-3H3,(H2,24,28)(H,25,30). The molecule has 176 valence electrons. The van der Waals surface area contributed by atoms with Crippen LogP contribution in [0.5, 0.6) is 5.88 Å². The summed E-state index contributed by atoms with van der Waals surface area (Å²) in [5, 5.41) is 6.26. The number of nitrogens with two attached hydrogens (primary N) is 1. The molecule has 0 spiro atoms. The number of benzene rings is 1. The van der Waals surface area contributed by atoms with Crippen molar-refractivity contribution in [3.63, 3.8) is 0 Å². The summed E-state index contributed by atoms with van der Waals surface area (Å²) in [5.74, 6) is -0.141. The lowest BCUT2D eigenvalue weighted by molar-refractivity contribution is 0.0946. The molecule has 0 aliphatic carbocycles. The van der Waals surface area contributed by atoms with E-state index in [1.165, 1.54) is 7.11 Å². The average molecular weight is 481 g/mol. The van der Waals surface area contributed by atoms with Crippen LogP contribution in [0.25, 0.3) is 16.8 Å². The molecule has 0 radical (unpaired) electrons. The van der Waals surface area contributed by atoms with E-state index < -0.39 is 21.0 Å². The first-order chi connectivity index (χ1) is 16.2. The van der Waals surface area contributed by atoms with Crippen molar-refractivity contribution >= 4 is 27.3 Å². The van der Waals surface area contributed by atoms with Crippen molar-refractivity contribution in [2.75, 3.05) is 12.8 Å². The zero-order valence-electron chi connectivity index (χ0n) is 18.9. The van der Waals surface area contributed by atoms with Crippen LogP contribution in [-0.4, -0.2) is 46.3 Å². The van der Waals surface area contributed by atoms with Gasteiger partial charge in [-0.2, -0.15) is 4.98 Å². The number of hydrogen-bond donors (Lipinski definition) is 2. The lowest BCUT2D eigenvalue weighted by atomic mass is 10.1. The number of ether oxygens (including phenoxy) is 1. The maximum absolute atomic E-state index is 13.1. The number of carbonyl (C=O) groups is 1. The smallest absolute Gasteiger partial charge is 0.257 e. The number of nitrogen functional groups attached to an aromatic ring is 1. The fourth-order valence-electron chi connectivity index (χ4n) is 3.47. The Hall–Kier alpha value is -3.99. The Balaban J connectivity index is 1.63. The second kappa shape index (κ2) is 9.10. The second-order valence-corrected chi connectivity index (χ2v) is 10.3. The second-order valence-electron chi connectivity index (χ2n) is 7.85. The van der Waals surface area contributed by atoms with Crippen LogP contribution in [0.2, 0.25) is 0 Å². The predicted molar refractivity (Wildman–Crippen MR) is 127 cm³/mol. The minimum absolute atomic E-state index is 0.0271. The molecule has 0 saturated carbocycles. The summed E-state index contributed by atoms with van der Waals surface area (Å²) in [6, 6.07) is 11.9. The number of pyridine rings is 2. The fraction of sp³-hybridized carbons (Fsp3) is 0.217. The fourth-order valence-corrected chi connectivity index (χ4v) is 4.75. The van der Waals surface area contributed by atoms with Gasteiger partial charge in [-0.15, -0.1) is 5.10 Å². The monoisotopic (exact) mass is 480 g/mol. The van der Waals surface area contributed by atoms with Crippen molar-refractivity contribution in [2.45, 2.75) is 30.5 Å². The predicted octanol–water partition coefficient (Wildman–Crippen LogP) is 2.49. The Morgan fingerprint density at radius 3 is 2.68 bits per heavy atom. The molecule has 34 heavy (non-hydrogen) atoms. The van der Waals surface area contributed by atoms with Gasteiger partial charge >= 0.3 is 0 Å². The highest BCUT2D eigenvalue weighted by molar-refractivity contribution is 7.92. The third-order valence-electron chi connectivity index (χ3n) is 5.32. The number of aromatic nitrogens is 4. The number of hydrogen-bond acceptors (Lipinski definition) is 8. The Bertz CT molecular complexity index is 1480. The molecule has 11 heteroatoms. The molecule has 4 rings (SSSR count). The quantitative estimate of drug-likeness (QED) is 0.411. The van der Waals surface area contributed by atoms with Gasteiger partial charge in [0.1, 0.15) is 5.56 Å². The van der Waals surface area contributed by atoms with Crippen LogP contribution in [0.3, 0.4) is 0 Å². The molecule has 0 saturated heterocycles. The van der Waals surface area contributed by atoms with E-state index >= 15 is 0 Å². The molecule has 1 aromatic carbocycles. The Kier molecular flexibility index (Phi) is 6.20. The Labute approximate surface area is 196 Å². The zero-order valence-corrected chi connectivity index (χ0v) is 19.7. The number of rotatable bonds is 7. The first-order valence-corrected chi connectivity index (χ1v) is 12.0. The number of sulfone groups is 1. The molecule has 3 heterocycles. The maximum atomic E-state index is 13.1. The molecular weight excluding hydrogens is 456 g/mol. The molecule has 0 fully saturated rings. The Morgan fingerprint density at radius 1 is 1.18 bits per heavy atom. The number of nitrogens with one attached hydrogen (secondary N) is 1. The van der Waals surface area contributed by atoms with E-state index in [4.69, 9.17) is 10.5 Å². The SMILES string of the molecule is COc1ncc(-c2ccn3nc(N)nc3c2)cc1C(=O)NCc1ccccc1S(=O)(=O)C(C)C. The van der Waals surface area contributed by atoms with E-state index in [0.717, 1.165) is 5.56 Å². The summed E-state index contributed by atoms with van der Waals surface area (Å²) >= 11 is 0. The van der Waals surface area contributed by atoms with E-state index in [1.807, 2.05) is 0 Å². The summed E-state index contributed by atoms with van der Waals surface area (Å²) in [4.78, 5) is 21.7. The van der Waals surface area contributed by atoms with Crippen molar-refractivity contribution in [3.8, 4) is 17.0 Å². The molecule has 0 unspecified atom stereocenters. The van der Waals surface area contributed by atoms with Crippen LogP contribution in [-0.2, 0) is 16.4 Å². The molecule has 0 aliphatic rings. The van der Waals surface area contributed by atoms with E-state index in [2.05, 4.69) is 20.4 Å². The molecule has 10 nitrogen and oxygen atoms in total. The lowest BCUT2D eigenvalue weighted by Gasteiger charge is -2.14. The molecule has 1 amide bonds. The molecule has 3 aromatic heterocycles. The van der Waals surface area contributed by atoms with Crippen LogP contribution >= 0.6 is 0 Å². The highest BCUT2D eigenvalue weighted by Gasteiger charge is 2.23. The molecular formula is C23H24N6O4S. The van der Waals surface area contributed by atoms with E-state index in [-0.39, 0.29) is 28.8 Å². The topological polar surface area (TPSA) is 142 Å². The van der Waals surface area contributed by atoms with Crippen LogP contribution < -0.4 is 15.8 Å². The van der Waals surface area contributed by atoms with Crippen molar-refractivity contribution in [3.05, 3.63) is 66.0 Å². The average Bonchev–Trinajstić information content (AvgIpc) is 3.21. The molecule has 0 atom stereocenters. The van der Waals surface area contributed by atoms with Crippen LogP contribution in [0, 0.1) is 0 Å². The first kappa shape index (κ1) is 23.2. The van der Waals surface area contributed by atoms with Crippen molar-refractivity contribution in [1.82, 2.24) is 24.9 Å². The van der Waals surface area contributed by atoms with Gasteiger partial charge in [0.2, 0.25) is 11.8 Å². The van der Waals surface area contributed by atoms with Gasteiger partial charge in [-0.25, -0.2) is 17.9 Å². The summed E-state index contributed by atoms with van der Waals surface area (Å²) in [5.41, 5.74) is 8.35. The third-order valence-corrected chi connectivity index (χ3v) is 7.57. The molecule has 0 bridgehead atoms. The summed E-state index contributed by atoms with van der Waals surface area (Å²) < 4.78 is 32.2. The first-order valence-electron chi connectivity index (χ1n) is 10.5. The zero-order chi connectivity index (χ0) is 24.5. The van der Waals surface area contributed by atoms with E-state index in [0.29, 0.717) is 16.8 Å². The van der Waals surface area contributed by atoms with Gasteiger partial charge in [-0.1, -0.05) is 18.2 Å². The van der Waals surface area contributed by atoms with Gasteiger partial charge in [-0.05, 0) is 49.2 Å². The van der Waals surface area contributed by atoms with Gasteiger partial charge in [0.25, 0.3) is 5.91 Å². The molecule has 3 N–H and O–H groups in total. The maximum Gasteiger partial charge on any atom is 0.257 e. The van der Waals surface area contributed by atoms with E-state index in [1.54, 1.807) is 73.2 Å². The normalized spacial score (nSPS) is 11.6. The molecule has 4 aromatic rings. The summed E-state index contributed by atoms with van der Waals surface area (Å²) in [6.45, 7) is 3.27. The number of fused-ring (bicyclic) bond motifs is 1. The molecule has 0 aliphatic heterocycles. The third kappa shape index (κ3) is 4.42. The highest BCUT2D eigenvalue weighted by atomic mass is 32.2. The highest BCUT2D eigenvalue weighted by Crippen LogP contribution is 2.26. The minimum Gasteiger partial charge on any atom is -0.480 e. The Morgan fingerprint density at radius 2 is 1.94 bits per heavy atom. The van der Waals surface area contributed by atoms with Crippen molar-refractivity contribution < 1.29 is 17.9 Å². The van der Waals surface area contributed by atoms with Crippen LogP contribution in [0.4, 0.5) is 5.95 Å². The minimum atomic E-state index is -3.50. The van der Waals surface area contributed by atoms with Crippen molar-refractivity contribution in [2.24, 2.45) is 0 Å². The van der Waals surface area contributed by atoms with Crippen LogP contribution in [0.1, 0.15) is 29.8 Å². The summed E-state index contributed by atoms with van der Waals surface area (Å²) in [6.07, 6.45) is 3.30.